The second-order valence-corrected chi connectivity index (χ2v) is 4.62. The monoisotopic (exact) mass is 258 g/mol. The van der Waals surface area contributed by atoms with E-state index in [0.717, 1.165) is 12.1 Å². The molecule has 0 radical (unpaired) electrons. The largest absolute Gasteiger partial charge is 0.416 e. The number of ketones is 1. The molecule has 1 heterocycles. The van der Waals surface area contributed by atoms with Gasteiger partial charge in [0.05, 0.1) is 17.8 Å². The van der Waals surface area contributed by atoms with Gasteiger partial charge >= 0.3 is 6.18 Å². The van der Waals surface area contributed by atoms with Crippen molar-refractivity contribution in [3.63, 3.8) is 0 Å². The van der Waals surface area contributed by atoms with E-state index < -0.39 is 17.3 Å². The lowest BCUT2D eigenvalue weighted by Gasteiger charge is -2.33. The summed E-state index contributed by atoms with van der Waals surface area (Å²) in [6.45, 7) is 2.04. The topological polar surface area (TPSA) is 26.3 Å². The highest BCUT2D eigenvalue weighted by atomic mass is 19.4. The highest BCUT2D eigenvalue weighted by molar-refractivity contribution is 5.80. The number of rotatable bonds is 1. The Morgan fingerprint density at radius 1 is 1.22 bits per heavy atom. The van der Waals surface area contributed by atoms with Gasteiger partial charge in [0.15, 0.2) is 0 Å². The van der Waals surface area contributed by atoms with Gasteiger partial charge in [-0.25, -0.2) is 0 Å². The molecule has 2 rings (SSSR count). The Hall–Kier alpha value is -1.36. The molecule has 0 spiro atoms. The molecule has 1 aromatic carbocycles. The van der Waals surface area contributed by atoms with Gasteiger partial charge in [0.2, 0.25) is 0 Å². The van der Waals surface area contributed by atoms with E-state index in [2.05, 4.69) is 0 Å². The zero-order valence-electron chi connectivity index (χ0n) is 9.88. The quantitative estimate of drug-likeness (QED) is 0.772. The second-order valence-electron chi connectivity index (χ2n) is 4.62. The molecule has 18 heavy (non-hydrogen) atoms. The van der Waals surface area contributed by atoms with Crippen LogP contribution in [0.25, 0.3) is 0 Å². The summed E-state index contributed by atoms with van der Waals surface area (Å²) >= 11 is 0. The van der Waals surface area contributed by atoms with E-state index in [-0.39, 0.29) is 12.2 Å². The smallest absolute Gasteiger partial charge is 0.370 e. The van der Waals surface area contributed by atoms with Gasteiger partial charge in [-0.2, -0.15) is 13.2 Å². The molecule has 1 aliphatic rings. The Labute approximate surface area is 103 Å². The van der Waals surface area contributed by atoms with Gasteiger partial charge in [0, 0.05) is 12.8 Å². The minimum absolute atomic E-state index is 0.0728. The fourth-order valence-corrected chi connectivity index (χ4v) is 2.10. The van der Waals surface area contributed by atoms with Crippen LogP contribution in [0.3, 0.4) is 0 Å². The maximum absolute atomic E-state index is 12.4. The van der Waals surface area contributed by atoms with Crippen LogP contribution in [-0.2, 0) is 21.3 Å². The summed E-state index contributed by atoms with van der Waals surface area (Å²) in [4.78, 5) is 11.4. The molecule has 1 atom stereocenters. The van der Waals surface area contributed by atoms with Crippen molar-refractivity contribution in [2.45, 2.75) is 31.5 Å². The molecular weight excluding hydrogens is 245 g/mol. The lowest BCUT2D eigenvalue weighted by atomic mass is 9.87. The molecular formula is C13H13F3O2. The summed E-state index contributed by atoms with van der Waals surface area (Å²) in [5.41, 5.74) is -0.903. The average molecular weight is 258 g/mol. The van der Waals surface area contributed by atoms with Gasteiger partial charge in [0.25, 0.3) is 0 Å². The first-order valence-corrected chi connectivity index (χ1v) is 5.65. The molecule has 0 bridgehead atoms. The molecule has 1 aliphatic heterocycles. The van der Waals surface area contributed by atoms with E-state index in [0.29, 0.717) is 18.6 Å². The second kappa shape index (κ2) is 4.39. The molecule has 1 fully saturated rings. The van der Waals surface area contributed by atoms with Crippen LogP contribution < -0.4 is 0 Å². The molecule has 98 valence electrons. The van der Waals surface area contributed by atoms with Crippen molar-refractivity contribution in [3.8, 4) is 0 Å². The first-order valence-electron chi connectivity index (χ1n) is 5.65. The minimum atomic E-state index is -4.34. The maximum Gasteiger partial charge on any atom is 0.416 e. The standard InChI is InChI=1S/C13H13F3O2/c1-12(8-11(17)6-7-18-12)9-2-4-10(5-3-9)13(14,15)16/h2-5H,6-8H2,1H3. The van der Waals surface area contributed by atoms with Crippen molar-refractivity contribution in [2.24, 2.45) is 0 Å². The molecule has 0 amide bonds. The van der Waals surface area contributed by atoms with Crippen LogP contribution in [-0.4, -0.2) is 12.4 Å². The Kier molecular flexibility index (Phi) is 3.19. The fourth-order valence-electron chi connectivity index (χ4n) is 2.10. The fraction of sp³-hybridized carbons (Fsp3) is 0.462. The molecule has 1 unspecified atom stereocenters. The Morgan fingerprint density at radius 3 is 2.33 bits per heavy atom. The zero-order valence-corrected chi connectivity index (χ0v) is 9.88. The third-order valence-corrected chi connectivity index (χ3v) is 3.16. The van der Waals surface area contributed by atoms with E-state index in [4.69, 9.17) is 4.74 Å². The number of benzene rings is 1. The van der Waals surface area contributed by atoms with Crippen LogP contribution in [0.15, 0.2) is 24.3 Å². The lowest BCUT2D eigenvalue weighted by molar-refractivity contribution is -0.140. The highest BCUT2D eigenvalue weighted by Crippen LogP contribution is 2.35. The lowest BCUT2D eigenvalue weighted by Crippen LogP contribution is -2.34. The van der Waals surface area contributed by atoms with Crippen molar-refractivity contribution < 1.29 is 22.7 Å². The van der Waals surface area contributed by atoms with Crippen molar-refractivity contribution in [3.05, 3.63) is 35.4 Å². The Bertz CT molecular complexity index is 450. The van der Waals surface area contributed by atoms with Crippen molar-refractivity contribution in [2.75, 3.05) is 6.61 Å². The van der Waals surface area contributed by atoms with Gasteiger partial charge in [-0.1, -0.05) is 12.1 Å². The summed E-state index contributed by atoms with van der Waals surface area (Å²) in [5, 5.41) is 0. The Morgan fingerprint density at radius 2 is 1.83 bits per heavy atom. The highest BCUT2D eigenvalue weighted by Gasteiger charge is 2.35. The van der Waals surface area contributed by atoms with Crippen LogP contribution in [0.4, 0.5) is 13.2 Å². The van der Waals surface area contributed by atoms with Crippen molar-refractivity contribution >= 4 is 5.78 Å². The molecule has 0 aliphatic carbocycles. The zero-order chi connectivity index (χ0) is 13.4. The SMILES string of the molecule is CC1(c2ccc(C(F)(F)F)cc2)CC(=O)CCO1. The molecule has 0 saturated carbocycles. The van der Waals surface area contributed by atoms with E-state index in [1.807, 2.05) is 0 Å². The molecule has 1 aromatic rings. The van der Waals surface area contributed by atoms with Crippen LogP contribution in [0.5, 0.6) is 0 Å². The number of hydrogen-bond donors (Lipinski definition) is 0. The van der Waals surface area contributed by atoms with Gasteiger partial charge in [-0.05, 0) is 24.6 Å². The van der Waals surface area contributed by atoms with E-state index >= 15 is 0 Å². The summed E-state index contributed by atoms with van der Waals surface area (Å²) in [7, 11) is 0. The van der Waals surface area contributed by atoms with Gasteiger partial charge in [-0.3, -0.25) is 4.79 Å². The molecule has 0 N–H and O–H groups in total. The van der Waals surface area contributed by atoms with E-state index in [1.165, 1.54) is 12.1 Å². The normalized spacial score (nSPS) is 25.2. The molecule has 0 aromatic heterocycles. The third-order valence-electron chi connectivity index (χ3n) is 3.16. The molecule has 5 heteroatoms. The van der Waals surface area contributed by atoms with Crippen LogP contribution >= 0.6 is 0 Å². The number of Topliss-reactive ketones (excluding diaryl/α,β-unsaturated/α-hetero) is 1. The number of halogens is 3. The summed E-state index contributed by atoms with van der Waals surface area (Å²) in [5.74, 6) is 0.0728. The van der Waals surface area contributed by atoms with Crippen molar-refractivity contribution in [1.29, 1.82) is 0 Å². The van der Waals surface area contributed by atoms with Crippen molar-refractivity contribution in [1.82, 2.24) is 0 Å². The number of carbonyl (C=O) groups excluding carboxylic acids is 1. The van der Waals surface area contributed by atoms with E-state index in [1.54, 1.807) is 6.92 Å². The number of ether oxygens (including phenoxy) is 1. The average Bonchev–Trinajstić information content (AvgIpc) is 2.28. The number of hydrogen-bond acceptors (Lipinski definition) is 2. The van der Waals surface area contributed by atoms with Crippen LogP contribution in [0.1, 0.15) is 30.9 Å². The minimum Gasteiger partial charge on any atom is -0.370 e. The van der Waals surface area contributed by atoms with Crippen LogP contribution in [0.2, 0.25) is 0 Å². The van der Waals surface area contributed by atoms with Crippen LogP contribution in [0, 0.1) is 0 Å². The number of carbonyl (C=O) groups is 1. The summed E-state index contributed by atoms with van der Waals surface area (Å²) in [6, 6.07) is 4.79. The predicted octanol–water partition coefficient (Wildman–Crippen LogP) is 3.30. The predicted molar refractivity (Wildman–Crippen MR) is 59.0 cm³/mol. The first kappa shape index (κ1) is 13.1. The molecule has 1 saturated heterocycles. The summed E-state index contributed by atoms with van der Waals surface area (Å²) < 4.78 is 42.8. The van der Waals surface area contributed by atoms with Gasteiger partial charge < -0.3 is 4.74 Å². The Balaban J connectivity index is 2.26. The van der Waals surface area contributed by atoms with E-state index in [9.17, 15) is 18.0 Å². The maximum atomic E-state index is 12.4. The van der Waals surface area contributed by atoms with Gasteiger partial charge in [0.1, 0.15) is 5.78 Å². The van der Waals surface area contributed by atoms with Gasteiger partial charge in [-0.15, -0.1) is 0 Å². The molecule has 2 nitrogen and oxygen atoms in total. The first-order chi connectivity index (χ1) is 8.31. The summed E-state index contributed by atoms with van der Waals surface area (Å²) in [6.07, 6.45) is -3.77. The number of alkyl halides is 3. The third kappa shape index (κ3) is 2.56.